The van der Waals surface area contributed by atoms with E-state index in [4.69, 9.17) is 19.2 Å². The zero-order chi connectivity index (χ0) is 49.7. The molecule has 2 aliphatic heterocycles. The number of pyridine rings is 1. The molecule has 67 heavy (non-hydrogen) atoms. The van der Waals surface area contributed by atoms with Crippen LogP contribution in [0.3, 0.4) is 0 Å². The SMILES string of the molecule is COC(=O)CC[C@@H](C)[C@H]1CC[C@H]2[C@@H]3CC[C@@H]4C[C@H]5CC[C@]4(C)[C@H]3C[C@H](OC(=O)Cn3cc[n+](c3)Cc3cccc(n3)C[n+]3ccn(c3)CC(=O)O5)[C@]12C.F[P-](F)(F)(F)(F)F.F[P-](F)(F)(F)(F)F. The number of methoxy groups -OCH3 is 1. The maximum absolute atomic E-state index is 14.0. The summed E-state index contributed by atoms with van der Waals surface area (Å²) in [6.45, 7) is 8.68. The van der Waals surface area contributed by atoms with Crippen molar-refractivity contribution in [1.82, 2.24) is 14.1 Å². The van der Waals surface area contributed by atoms with Crippen LogP contribution in [0.5, 0.6) is 0 Å². The fourth-order valence-corrected chi connectivity index (χ4v) is 12.1. The van der Waals surface area contributed by atoms with E-state index in [0.29, 0.717) is 55.0 Å². The van der Waals surface area contributed by atoms with E-state index in [0.717, 1.165) is 62.8 Å². The van der Waals surface area contributed by atoms with Gasteiger partial charge in [0.25, 0.3) is 0 Å². The second kappa shape index (κ2) is 17.1. The van der Waals surface area contributed by atoms with Gasteiger partial charge in [-0.05, 0) is 111 Å². The summed E-state index contributed by atoms with van der Waals surface area (Å²) >= 11 is 0. The average Bonchev–Trinajstić information content (AvgIpc) is 3.90. The summed E-state index contributed by atoms with van der Waals surface area (Å²) in [5.41, 5.74) is 1.77. The normalized spacial score (nSPS) is 32.3. The van der Waals surface area contributed by atoms with E-state index in [1.54, 1.807) is 0 Å². The van der Waals surface area contributed by atoms with Crippen molar-refractivity contribution in [2.45, 2.75) is 123 Å². The van der Waals surface area contributed by atoms with Crippen molar-refractivity contribution >= 4 is 33.5 Å². The van der Waals surface area contributed by atoms with Crippen LogP contribution in [0, 0.1) is 46.3 Å². The third-order valence-electron chi connectivity index (χ3n) is 14.7. The molecule has 0 radical (unpaired) electrons. The van der Waals surface area contributed by atoms with Crippen LogP contribution in [0.4, 0.5) is 50.4 Å². The predicted molar refractivity (Wildman–Crippen MR) is 220 cm³/mol. The minimum absolute atomic E-state index is 0.0735. The average molecular weight is 1020 g/mol. The molecule has 0 N–H and O–H groups in total. The Hall–Kier alpha value is -4.00. The molecule has 4 aliphatic carbocycles. The number of carbonyl (C=O) groups excluding carboxylic acids is 3. The Bertz CT molecular complexity index is 2270. The van der Waals surface area contributed by atoms with E-state index in [2.05, 4.69) is 20.8 Å². The standard InChI is InChI=1S/C42H57N5O6.2F6P/c1-28(8-13-38(48)51-4)34-11-12-35-33-10-9-29-20-32-14-15-41(29,2)36(33)21-37(42(34,35)3)53-40(50)25-47-19-17-45(27-47)23-31-7-5-6-30(43-31)22-44-16-18-46(26-44)24-39(49)52-32;2*1-7(2,3,4,5)6/h5-7,16-19,26-29,32-37H,8-15,20-25H2,1-4H3;;/q+2;2*-1/t28-,29-,32-,33+,34-,35+,36+,37+,41+,42-;;/m1../s1. The summed E-state index contributed by atoms with van der Waals surface area (Å²) in [6, 6.07) is 6.04. The van der Waals surface area contributed by atoms with Crippen molar-refractivity contribution < 1.29 is 88.1 Å². The van der Waals surface area contributed by atoms with Crippen LogP contribution < -0.4 is 9.13 Å². The summed E-state index contributed by atoms with van der Waals surface area (Å²) in [4.78, 5) is 44.3. The zero-order valence-corrected chi connectivity index (χ0v) is 39.1. The van der Waals surface area contributed by atoms with Gasteiger partial charge in [0.05, 0.1) is 18.5 Å². The Kier molecular flexibility index (Phi) is 13.4. The molecular formula is C42H57F12N5O6P2. The first-order valence-corrected chi connectivity index (χ1v) is 26.1. The molecule has 25 heteroatoms. The first-order chi connectivity index (χ1) is 30.4. The fourth-order valence-electron chi connectivity index (χ4n) is 12.1. The molecule has 0 amide bonds. The van der Waals surface area contributed by atoms with Crippen molar-refractivity contribution in [3.63, 3.8) is 0 Å². The van der Waals surface area contributed by atoms with Gasteiger partial charge in [-0.25, -0.2) is 32.8 Å². The first kappa shape index (κ1) is 52.4. The number of aromatic nitrogens is 5. The summed E-state index contributed by atoms with van der Waals surface area (Å²) < 4.78 is 144. The molecule has 4 saturated carbocycles. The van der Waals surface area contributed by atoms with Gasteiger partial charge in [0.2, 0.25) is 12.7 Å². The van der Waals surface area contributed by atoms with E-state index in [-0.39, 0.29) is 54.0 Å². The molecule has 5 heterocycles. The molecule has 11 bridgehead atoms. The van der Waals surface area contributed by atoms with Gasteiger partial charge in [0.15, 0.2) is 13.1 Å². The van der Waals surface area contributed by atoms with Crippen LogP contribution in [-0.2, 0) is 54.8 Å². The van der Waals surface area contributed by atoms with Gasteiger partial charge in [-0.1, -0.05) is 26.8 Å². The quantitative estimate of drug-likeness (QED) is 0.0842. The van der Waals surface area contributed by atoms with Crippen LogP contribution in [0.25, 0.3) is 0 Å². The van der Waals surface area contributed by atoms with Crippen molar-refractivity contribution in [2.75, 3.05) is 7.11 Å². The van der Waals surface area contributed by atoms with Gasteiger partial charge in [-0.2, -0.15) is 0 Å². The molecular weight excluding hydrogens is 960 g/mol. The Labute approximate surface area is 379 Å². The zero-order valence-electron chi connectivity index (χ0n) is 37.3. The number of rotatable bonds is 4. The van der Waals surface area contributed by atoms with Crippen LogP contribution in [0.15, 0.2) is 55.6 Å². The predicted octanol–water partition coefficient (Wildman–Crippen LogP) is 11.8. The summed E-state index contributed by atoms with van der Waals surface area (Å²) in [5, 5.41) is 0. The molecule has 9 rings (SSSR count). The van der Waals surface area contributed by atoms with E-state index in [1.165, 1.54) is 13.5 Å². The van der Waals surface area contributed by atoms with Crippen LogP contribution >= 0.6 is 15.6 Å². The number of esters is 3. The molecule has 3 aromatic heterocycles. The maximum atomic E-state index is 14.0. The third-order valence-corrected chi connectivity index (χ3v) is 14.7. The van der Waals surface area contributed by atoms with Crippen LogP contribution in [0.2, 0.25) is 0 Å². The van der Waals surface area contributed by atoms with Gasteiger partial charge >= 0.3 is 83.9 Å². The van der Waals surface area contributed by atoms with Gasteiger partial charge in [-0.15, -0.1) is 0 Å². The number of halogens is 12. The molecule has 0 aromatic carbocycles. The molecule has 11 nitrogen and oxygen atoms in total. The Morgan fingerprint density at radius 1 is 0.791 bits per heavy atom. The summed E-state index contributed by atoms with van der Waals surface area (Å²) in [6.07, 6.45) is 20.8. The molecule has 0 spiro atoms. The number of fused-ring (bicyclic) bond motifs is 7. The van der Waals surface area contributed by atoms with Crippen LogP contribution in [-0.4, -0.2) is 51.3 Å². The van der Waals surface area contributed by atoms with E-state index < -0.39 is 15.6 Å². The molecule has 6 aliphatic rings. The van der Waals surface area contributed by atoms with E-state index in [9.17, 15) is 64.7 Å². The second-order valence-electron chi connectivity index (χ2n) is 19.5. The summed E-state index contributed by atoms with van der Waals surface area (Å²) in [7, 11) is -19.9. The Morgan fingerprint density at radius 2 is 1.33 bits per heavy atom. The first-order valence-electron chi connectivity index (χ1n) is 22.0. The third kappa shape index (κ3) is 15.2. The number of hydrogen-bond donors (Lipinski definition) is 0. The number of carbonyl (C=O) groups is 3. The van der Waals surface area contributed by atoms with Crippen molar-refractivity contribution in [3.8, 4) is 0 Å². The Morgan fingerprint density at radius 3 is 1.87 bits per heavy atom. The molecule has 0 unspecified atom stereocenters. The fraction of sp³-hybridized carbons (Fsp3) is 0.667. The Balaban J connectivity index is 0.000000461. The van der Waals surface area contributed by atoms with Crippen molar-refractivity contribution in [3.05, 3.63) is 67.0 Å². The monoisotopic (exact) mass is 1020 g/mol. The molecule has 0 saturated heterocycles. The topological polar surface area (TPSA) is 109 Å². The van der Waals surface area contributed by atoms with Crippen LogP contribution in [0.1, 0.15) is 96.4 Å². The second-order valence-corrected chi connectivity index (χ2v) is 23.3. The minimum atomic E-state index is -10.7. The van der Waals surface area contributed by atoms with Gasteiger partial charge in [-0.3, -0.25) is 4.79 Å². The van der Waals surface area contributed by atoms with Gasteiger partial charge < -0.3 is 14.2 Å². The van der Waals surface area contributed by atoms with E-state index >= 15 is 0 Å². The number of imidazole rings is 2. The summed E-state index contributed by atoms with van der Waals surface area (Å²) in [5.74, 6) is 2.05. The molecule has 10 atom stereocenters. The number of hydrogen-bond acceptors (Lipinski definition) is 7. The van der Waals surface area contributed by atoms with Crippen molar-refractivity contribution in [2.24, 2.45) is 46.3 Å². The van der Waals surface area contributed by atoms with Gasteiger partial charge in [0, 0.05) is 11.8 Å². The number of ether oxygens (including phenoxy) is 3. The van der Waals surface area contributed by atoms with E-state index in [1.807, 2.05) is 73.9 Å². The van der Waals surface area contributed by atoms with Gasteiger partial charge in [0.1, 0.15) is 50.1 Å². The van der Waals surface area contributed by atoms with Crippen molar-refractivity contribution in [1.29, 1.82) is 0 Å². The molecule has 4 fully saturated rings. The molecule has 380 valence electrons. The molecule has 3 aromatic rings. The number of nitrogens with zero attached hydrogens (tertiary/aromatic N) is 5.